The lowest BCUT2D eigenvalue weighted by Crippen LogP contribution is -2.25. The van der Waals surface area contributed by atoms with Crippen molar-refractivity contribution >= 4 is 20.8 Å². The molecule has 1 aromatic carbocycles. The maximum atomic E-state index is 12.3. The quantitative estimate of drug-likeness (QED) is 0.798. The Bertz CT molecular complexity index is 663. The molecule has 1 aromatic heterocycles. The van der Waals surface area contributed by atoms with Gasteiger partial charge in [-0.3, -0.25) is 4.98 Å². The van der Waals surface area contributed by atoms with Gasteiger partial charge < -0.3 is 0 Å². The molecular weight excluding hydrogens is 272 g/mol. The zero-order valence-corrected chi connectivity index (χ0v) is 12.5. The van der Waals surface area contributed by atoms with E-state index in [0.717, 1.165) is 31.1 Å². The minimum absolute atomic E-state index is 0.327. The topological polar surface area (TPSA) is 59.1 Å². The second kappa shape index (κ2) is 6.81. The number of benzene rings is 1. The van der Waals surface area contributed by atoms with Crippen molar-refractivity contribution < 1.29 is 8.42 Å². The third-order valence-corrected chi connectivity index (χ3v) is 4.77. The Morgan fingerprint density at radius 2 is 2.00 bits per heavy atom. The van der Waals surface area contributed by atoms with E-state index in [2.05, 4.69) is 16.6 Å². The summed E-state index contributed by atoms with van der Waals surface area (Å²) in [6.45, 7) is 2.62. The van der Waals surface area contributed by atoms with Crippen molar-refractivity contribution in [2.75, 3.05) is 6.54 Å². The van der Waals surface area contributed by atoms with Gasteiger partial charge in [-0.25, -0.2) is 13.1 Å². The van der Waals surface area contributed by atoms with Crippen molar-refractivity contribution in [3.63, 3.8) is 0 Å². The summed E-state index contributed by atoms with van der Waals surface area (Å²) in [5, 5.41) is 1.55. The van der Waals surface area contributed by atoms with E-state index in [4.69, 9.17) is 0 Å². The molecule has 108 valence electrons. The van der Waals surface area contributed by atoms with Gasteiger partial charge in [0.05, 0.1) is 4.90 Å². The van der Waals surface area contributed by atoms with Crippen LogP contribution in [0.3, 0.4) is 0 Å². The largest absolute Gasteiger partial charge is 0.264 e. The highest BCUT2D eigenvalue weighted by molar-refractivity contribution is 7.89. The molecule has 1 heterocycles. The van der Waals surface area contributed by atoms with Gasteiger partial charge in [-0.05, 0) is 18.6 Å². The number of unbranched alkanes of at least 4 members (excludes halogenated alkanes) is 3. The van der Waals surface area contributed by atoms with Crippen LogP contribution in [-0.4, -0.2) is 19.9 Å². The van der Waals surface area contributed by atoms with Crippen molar-refractivity contribution in [3.8, 4) is 0 Å². The van der Waals surface area contributed by atoms with Crippen LogP contribution in [0.4, 0.5) is 0 Å². The predicted octanol–water partition coefficient (Wildman–Crippen LogP) is 3.09. The number of hydrogen-bond acceptors (Lipinski definition) is 3. The van der Waals surface area contributed by atoms with Crippen LogP contribution < -0.4 is 4.72 Å². The molecule has 0 aliphatic carbocycles. The summed E-state index contributed by atoms with van der Waals surface area (Å²) in [5.41, 5.74) is 0. The molecule has 0 unspecified atom stereocenters. The van der Waals surface area contributed by atoms with E-state index in [9.17, 15) is 8.42 Å². The Labute approximate surface area is 120 Å². The minimum Gasteiger partial charge on any atom is -0.264 e. The molecule has 2 rings (SSSR count). The smallest absolute Gasteiger partial charge is 0.241 e. The summed E-state index contributed by atoms with van der Waals surface area (Å²) in [6, 6.07) is 6.98. The van der Waals surface area contributed by atoms with Crippen molar-refractivity contribution in [2.24, 2.45) is 0 Å². The summed E-state index contributed by atoms with van der Waals surface area (Å²) >= 11 is 0. The number of fused-ring (bicyclic) bond motifs is 1. The summed E-state index contributed by atoms with van der Waals surface area (Å²) in [5.74, 6) is 0. The second-order valence-electron chi connectivity index (χ2n) is 4.81. The molecule has 0 aliphatic rings. The molecule has 0 saturated heterocycles. The van der Waals surface area contributed by atoms with E-state index in [1.165, 1.54) is 0 Å². The molecule has 5 heteroatoms. The van der Waals surface area contributed by atoms with Crippen LogP contribution in [0.25, 0.3) is 10.8 Å². The predicted molar refractivity (Wildman–Crippen MR) is 81.1 cm³/mol. The molecule has 0 saturated carbocycles. The van der Waals surface area contributed by atoms with Gasteiger partial charge in [0, 0.05) is 29.7 Å². The summed E-state index contributed by atoms with van der Waals surface area (Å²) in [6.07, 6.45) is 7.50. The number of hydrogen-bond donors (Lipinski definition) is 1. The van der Waals surface area contributed by atoms with E-state index >= 15 is 0 Å². The highest BCUT2D eigenvalue weighted by Crippen LogP contribution is 2.21. The average Bonchev–Trinajstić information content (AvgIpc) is 2.46. The number of pyridine rings is 1. The lowest BCUT2D eigenvalue weighted by Gasteiger charge is -2.09. The SMILES string of the molecule is CCCCCCNS(=O)(=O)c1cccc2cnccc12. The fraction of sp³-hybridized carbons (Fsp3) is 0.400. The van der Waals surface area contributed by atoms with Gasteiger partial charge in [0.2, 0.25) is 10.0 Å². The molecule has 0 bridgehead atoms. The molecule has 0 spiro atoms. The fourth-order valence-corrected chi connectivity index (χ4v) is 3.46. The lowest BCUT2D eigenvalue weighted by atomic mass is 10.2. The van der Waals surface area contributed by atoms with Crippen LogP contribution >= 0.6 is 0 Å². The van der Waals surface area contributed by atoms with Crippen LogP contribution in [0.1, 0.15) is 32.6 Å². The summed E-state index contributed by atoms with van der Waals surface area (Å²) in [7, 11) is -3.45. The maximum Gasteiger partial charge on any atom is 0.241 e. The number of rotatable bonds is 7. The standard InChI is InChI=1S/C15H20N2O2S/c1-2-3-4-5-10-17-20(18,19)15-8-6-7-13-12-16-11-9-14(13)15/h6-9,11-12,17H,2-5,10H2,1H3. The van der Waals surface area contributed by atoms with Crippen LogP contribution in [0, 0.1) is 0 Å². The molecule has 0 amide bonds. The number of aromatic nitrogens is 1. The van der Waals surface area contributed by atoms with Gasteiger partial charge in [-0.15, -0.1) is 0 Å². The maximum absolute atomic E-state index is 12.3. The zero-order valence-electron chi connectivity index (χ0n) is 11.7. The summed E-state index contributed by atoms with van der Waals surface area (Å²) in [4.78, 5) is 4.34. The first-order valence-electron chi connectivity index (χ1n) is 6.97. The van der Waals surface area contributed by atoms with Gasteiger partial charge in [-0.1, -0.05) is 38.3 Å². The van der Waals surface area contributed by atoms with Crippen molar-refractivity contribution in [1.29, 1.82) is 0 Å². The average molecular weight is 292 g/mol. The van der Waals surface area contributed by atoms with Gasteiger partial charge in [-0.2, -0.15) is 0 Å². The second-order valence-corrected chi connectivity index (χ2v) is 6.55. The lowest BCUT2D eigenvalue weighted by molar-refractivity contribution is 0.574. The number of sulfonamides is 1. The molecule has 2 aromatic rings. The first-order chi connectivity index (χ1) is 9.65. The third kappa shape index (κ3) is 3.55. The summed E-state index contributed by atoms with van der Waals surface area (Å²) < 4.78 is 27.4. The highest BCUT2D eigenvalue weighted by atomic mass is 32.2. The van der Waals surface area contributed by atoms with Crippen molar-refractivity contribution in [2.45, 2.75) is 37.5 Å². The van der Waals surface area contributed by atoms with Gasteiger partial charge in [0.15, 0.2) is 0 Å². The molecule has 0 atom stereocenters. The number of nitrogens with one attached hydrogen (secondary N) is 1. The Morgan fingerprint density at radius 3 is 2.80 bits per heavy atom. The molecule has 0 aliphatic heterocycles. The first-order valence-corrected chi connectivity index (χ1v) is 8.46. The third-order valence-electron chi connectivity index (χ3n) is 3.25. The van der Waals surface area contributed by atoms with Crippen molar-refractivity contribution in [1.82, 2.24) is 9.71 Å². The molecule has 4 nitrogen and oxygen atoms in total. The van der Waals surface area contributed by atoms with E-state index in [1.54, 1.807) is 30.6 Å². The normalized spacial score (nSPS) is 11.8. The Hall–Kier alpha value is -1.46. The number of nitrogens with zero attached hydrogens (tertiary/aromatic N) is 1. The van der Waals surface area contributed by atoms with Crippen LogP contribution in [0.2, 0.25) is 0 Å². The molecule has 0 radical (unpaired) electrons. The Balaban J connectivity index is 2.15. The Kier molecular flexibility index (Phi) is 5.09. The molecular formula is C15H20N2O2S. The van der Waals surface area contributed by atoms with E-state index in [-0.39, 0.29) is 0 Å². The monoisotopic (exact) mass is 292 g/mol. The highest BCUT2D eigenvalue weighted by Gasteiger charge is 2.16. The van der Waals surface area contributed by atoms with E-state index < -0.39 is 10.0 Å². The van der Waals surface area contributed by atoms with Crippen LogP contribution in [0.5, 0.6) is 0 Å². The van der Waals surface area contributed by atoms with Crippen LogP contribution in [0.15, 0.2) is 41.6 Å². The van der Waals surface area contributed by atoms with Gasteiger partial charge >= 0.3 is 0 Å². The van der Waals surface area contributed by atoms with Gasteiger partial charge in [0.25, 0.3) is 0 Å². The minimum atomic E-state index is -3.45. The molecule has 20 heavy (non-hydrogen) atoms. The molecule has 1 N–H and O–H groups in total. The molecule has 0 fully saturated rings. The van der Waals surface area contributed by atoms with Crippen LogP contribution in [-0.2, 0) is 10.0 Å². The van der Waals surface area contributed by atoms with E-state index in [0.29, 0.717) is 16.8 Å². The van der Waals surface area contributed by atoms with E-state index in [1.807, 2.05) is 6.07 Å². The van der Waals surface area contributed by atoms with Crippen molar-refractivity contribution in [3.05, 3.63) is 36.7 Å². The Morgan fingerprint density at radius 1 is 1.15 bits per heavy atom. The first kappa shape index (κ1) is 14.9. The fourth-order valence-electron chi connectivity index (χ4n) is 2.16. The van der Waals surface area contributed by atoms with Gasteiger partial charge in [0.1, 0.15) is 0 Å². The zero-order chi connectivity index (χ0) is 14.4.